The number of likely N-dealkylation sites (N-methyl/N-ethyl adjacent to an activating group) is 1. The van der Waals surface area contributed by atoms with Gasteiger partial charge >= 0.3 is 0 Å². The molecule has 2 nitrogen and oxygen atoms in total. The Balaban J connectivity index is 2.59. The van der Waals surface area contributed by atoms with Gasteiger partial charge in [-0.2, -0.15) is 0 Å². The van der Waals surface area contributed by atoms with E-state index >= 15 is 0 Å². The fourth-order valence-electron chi connectivity index (χ4n) is 3.45. The van der Waals surface area contributed by atoms with Crippen molar-refractivity contribution in [3.05, 3.63) is 0 Å². The third-order valence-electron chi connectivity index (χ3n) is 5.37. The van der Waals surface area contributed by atoms with Crippen molar-refractivity contribution in [1.82, 2.24) is 4.90 Å². The number of rotatable bonds is 5. The van der Waals surface area contributed by atoms with E-state index in [2.05, 4.69) is 46.6 Å². The molecule has 1 rings (SSSR count). The van der Waals surface area contributed by atoms with Gasteiger partial charge in [-0.25, -0.2) is 0 Å². The number of nitrogens with zero attached hydrogens (tertiary/aromatic N) is 1. The zero-order valence-corrected chi connectivity index (χ0v) is 14.1. The van der Waals surface area contributed by atoms with Crippen molar-refractivity contribution in [2.45, 2.75) is 72.3 Å². The second kappa shape index (κ2) is 6.58. The highest BCUT2D eigenvalue weighted by molar-refractivity contribution is 4.96. The topological polar surface area (TPSA) is 29.3 Å². The minimum atomic E-state index is 0.274. The van der Waals surface area contributed by atoms with E-state index in [0.29, 0.717) is 5.41 Å². The number of nitrogens with two attached hydrogens (primary N) is 1. The average Bonchev–Trinajstić information content (AvgIpc) is 2.34. The molecule has 2 N–H and O–H groups in total. The molecule has 0 aliphatic heterocycles. The molecule has 1 aliphatic rings. The first-order valence-electron chi connectivity index (χ1n) is 8.12. The fraction of sp³-hybridized carbons (Fsp3) is 1.00. The zero-order valence-electron chi connectivity index (χ0n) is 14.1. The molecule has 0 unspecified atom stereocenters. The standard InChI is InChI=1S/C17H36N2/c1-14(2)9-12-19(6)17(13-18)10-7-15(8-11-17)16(3,4)5/h14-15H,7-13,18H2,1-6H3. The molecular formula is C17H36N2. The Kier molecular flexibility index (Phi) is 5.88. The van der Waals surface area contributed by atoms with Crippen LogP contribution in [0.2, 0.25) is 0 Å². The van der Waals surface area contributed by atoms with Crippen LogP contribution in [0.4, 0.5) is 0 Å². The lowest BCUT2D eigenvalue weighted by atomic mass is 9.67. The summed E-state index contributed by atoms with van der Waals surface area (Å²) in [4.78, 5) is 2.56. The predicted molar refractivity (Wildman–Crippen MR) is 85.3 cm³/mol. The van der Waals surface area contributed by atoms with Gasteiger partial charge in [0.15, 0.2) is 0 Å². The van der Waals surface area contributed by atoms with Crippen LogP contribution in [0.25, 0.3) is 0 Å². The van der Waals surface area contributed by atoms with E-state index < -0.39 is 0 Å². The lowest BCUT2D eigenvalue weighted by Crippen LogP contribution is -2.55. The van der Waals surface area contributed by atoms with Gasteiger partial charge in [-0.15, -0.1) is 0 Å². The average molecular weight is 268 g/mol. The van der Waals surface area contributed by atoms with Gasteiger partial charge in [-0.1, -0.05) is 34.6 Å². The summed E-state index contributed by atoms with van der Waals surface area (Å²) in [6.07, 6.45) is 6.51. The highest BCUT2D eigenvalue weighted by Gasteiger charge is 2.40. The normalized spacial score (nSPS) is 29.2. The Hall–Kier alpha value is -0.0800. The molecular weight excluding hydrogens is 232 g/mol. The minimum absolute atomic E-state index is 0.274. The van der Waals surface area contributed by atoms with Crippen LogP contribution in [0, 0.1) is 17.3 Å². The molecule has 2 heteroatoms. The molecule has 0 saturated heterocycles. The molecule has 0 bridgehead atoms. The summed E-state index contributed by atoms with van der Waals surface area (Å²) in [7, 11) is 2.28. The Morgan fingerprint density at radius 2 is 1.74 bits per heavy atom. The Labute approximate surface area is 121 Å². The summed E-state index contributed by atoms with van der Waals surface area (Å²) in [5.41, 5.74) is 6.89. The van der Waals surface area contributed by atoms with E-state index in [1.165, 1.54) is 38.6 Å². The predicted octanol–water partition coefficient (Wildman–Crippen LogP) is 3.90. The smallest absolute Gasteiger partial charge is 0.0328 e. The lowest BCUT2D eigenvalue weighted by Gasteiger charge is -2.48. The summed E-state index contributed by atoms with van der Waals surface area (Å²) < 4.78 is 0. The molecule has 0 spiro atoms. The molecule has 0 aromatic heterocycles. The number of hydrogen-bond donors (Lipinski definition) is 1. The summed E-state index contributed by atoms with van der Waals surface area (Å²) >= 11 is 0. The second-order valence-corrected chi connectivity index (χ2v) is 8.17. The van der Waals surface area contributed by atoms with Crippen LogP contribution < -0.4 is 5.73 Å². The quantitative estimate of drug-likeness (QED) is 0.819. The van der Waals surface area contributed by atoms with Gasteiger partial charge in [-0.3, -0.25) is 4.90 Å². The van der Waals surface area contributed by atoms with Gasteiger partial charge < -0.3 is 5.73 Å². The first-order valence-corrected chi connectivity index (χ1v) is 8.12. The Morgan fingerprint density at radius 3 is 2.11 bits per heavy atom. The highest BCUT2D eigenvalue weighted by atomic mass is 15.2. The fourth-order valence-corrected chi connectivity index (χ4v) is 3.45. The van der Waals surface area contributed by atoms with Crippen molar-refractivity contribution >= 4 is 0 Å². The molecule has 0 radical (unpaired) electrons. The van der Waals surface area contributed by atoms with Crippen molar-refractivity contribution in [1.29, 1.82) is 0 Å². The van der Waals surface area contributed by atoms with Gasteiger partial charge in [0.1, 0.15) is 0 Å². The Bertz CT molecular complexity index is 257. The summed E-state index contributed by atoms with van der Waals surface area (Å²) in [5, 5.41) is 0. The third-order valence-corrected chi connectivity index (χ3v) is 5.37. The monoisotopic (exact) mass is 268 g/mol. The van der Waals surface area contributed by atoms with Crippen LogP contribution in [0.3, 0.4) is 0 Å². The molecule has 0 aromatic rings. The first kappa shape index (κ1) is 17.0. The van der Waals surface area contributed by atoms with Crippen molar-refractivity contribution < 1.29 is 0 Å². The van der Waals surface area contributed by atoms with Gasteiger partial charge in [0.2, 0.25) is 0 Å². The molecule has 0 heterocycles. The highest BCUT2D eigenvalue weighted by Crippen LogP contribution is 2.43. The van der Waals surface area contributed by atoms with E-state index in [0.717, 1.165) is 18.4 Å². The molecule has 114 valence electrons. The molecule has 1 aliphatic carbocycles. The van der Waals surface area contributed by atoms with Gasteiger partial charge in [0.05, 0.1) is 0 Å². The van der Waals surface area contributed by atoms with Crippen LogP contribution >= 0.6 is 0 Å². The van der Waals surface area contributed by atoms with E-state index in [1.807, 2.05) is 0 Å². The van der Waals surface area contributed by atoms with Crippen LogP contribution in [0.1, 0.15) is 66.7 Å². The SMILES string of the molecule is CC(C)CCN(C)C1(CN)CCC(C(C)(C)C)CC1. The third kappa shape index (κ3) is 4.46. The first-order chi connectivity index (χ1) is 8.71. The maximum atomic E-state index is 6.16. The molecule has 0 aromatic carbocycles. The second-order valence-electron chi connectivity index (χ2n) is 8.17. The summed E-state index contributed by atoms with van der Waals surface area (Å²) in [6.45, 7) is 13.8. The lowest BCUT2D eigenvalue weighted by molar-refractivity contribution is 0.0357. The van der Waals surface area contributed by atoms with Gasteiger partial charge in [0.25, 0.3) is 0 Å². The summed E-state index contributed by atoms with van der Waals surface area (Å²) in [6, 6.07) is 0. The van der Waals surface area contributed by atoms with Crippen molar-refractivity contribution in [2.75, 3.05) is 20.1 Å². The van der Waals surface area contributed by atoms with Crippen LogP contribution in [-0.2, 0) is 0 Å². The minimum Gasteiger partial charge on any atom is -0.329 e. The van der Waals surface area contributed by atoms with Crippen molar-refractivity contribution in [3.63, 3.8) is 0 Å². The maximum absolute atomic E-state index is 6.16. The van der Waals surface area contributed by atoms with Crippen LogP contribution in [0.5, 0.6) is 0 Å². The van der Waals surface area contributed by atoms with Crippen molar-refractivity contribution in [2.24, 2.45) is 23.0 Å². The van der Waals surface area contributed by atoms with Crippen LogP contribution in [-0.4, -0.2) is 30.6 Å². The zero-order chi connectivity index (χ0) is 14.7. The largest absolute Gasteiger partial charge is 0.329 e. The molecule has 19 heavy (non-hydrogen) atoms. The van der Waals surface area contributed by atoms with E-state index in [4.69, 9.17) is 5.73 Å². The number of hydrogen-bond acceptors (Lipinski definition) is 2. The van der Waals surface area contributed by atoms with Crippen LogP contribution in [0.15, 0.2) is 0 Å². The van der Waals surface area contributed by atoms with E-state index in [-0.39, 0.29) is 5.54 Å². The van der Waals surface area contributed by atoms with Crippen molar-refractivity contribution in [3.8, 4) is 0 Å². The van der Waals surface area contributed by atoms with Gasteiger partial charge in [0, 0.05) is 12.1 Å². The Morgan fingerprint density at radius 1 is 1.21 bits per heavy atom. The maximum Gasteiger partial charge on any atom is 0.0328 e. The van der Waals surface area contributed by atoms with E-state index in [9.17, 15) is 0 Å². The molecule has 1 fully saturated rings. The summed E-state index contributed by atoms with van der Waals surface area (Å²) in [5.74, 6) is 1.65. The molecule has 0 atom stereocenters. The van der Waals surface area contributed by atoms with Gasteiger partial charge in [-0.05, 0) is 62.9 Å². The molecule has 0 amide bonds. The molecule has 1 saturated carbocycles. The van der Waals surface area contributed by atoms with E-state index in [1.54, 1.807) is 0 Å².